The molecule has 0 bridgehead atoms. The van der Waals surface area contributed by atoms with E-state index in [-0.39, 0.29) is 6.04 Å². The number of halogens is 1. The van der Waals surface area contributed by atoms with Gasteiger partial charge in [-0.3, -0.25) is 4.98 Å². The van der Waals surface area contributed by atoms with Gasteiger partial charge in [-0.1, -0.05) is 6.07 Å². The molecular weight excluding hydrogens is 292 g/mol. The molecule has 94 valence electrons. The van der Waals surface area contributed by atoms with Crippen molar-refractivity contribution in [3.63, 3.8) is 0 Å². The fourth-order valence-corrected chi connectivity index (χ4v) is 3.36. The molecule has 0 aliphatic heterocycles. The van der Waals surface area contributed by atoms with Gasteiger partial charge in [-0.2, -0.15) is 0 Å². The molecule has 0 radical (unpaired) electrons. The third-order valence-corrected chi connectivity index (χ3v) is 4.34. The van der Waals surface area contributed by atoms with E-state index in [1.165, 1.54) is 16.8 Å². The Hall–Kier alpha value is -1.13. The first-order valence-electron chi connectivity index (χ1n) is 6.15. The van der Waals surface area contributed by atoms with Gasteiger partial charge in [-0.05, 0) is 53.5 Å². The zero-order chi connectivity index (χ0) is 12.5. The van der Waals surface area contributed by atoms with Gasteiger partial charge in [0.2, 0.25) is 0 Å². The van der Waals surface area contributed by atoms with Crippen LogP contribution in [-0.2, 0) is 6.42 Å². The Morgan fingerprint density at radius 3 is 3.11 bits per heavy atom. The first-order chi connectivity index (χ1) is 8.81. The zero-order valence-electron chi connectivity index (χ0n) is 10.2. The van der Waals surface area contributed by atoms with Crippen LogP contribution < -0.4 is 5.32 Å². The van der Waals surface area contributed by atoms with Crippen LogP contribution in [0.25, 0.3) is 0 Å². The van der Waals surface area contributed by atoms with Crippen LogP contribution in [0.5, 0.6) is 0 Å². The lowest BCUT2D eigenvalue weighted by Gasteiger charge is -2.22. The van der Waals surface area contributed by atoms with Crippen molar-refractivity contribution < 1.29 is 4.42 Å². The molecule has 2 aromatic rings. The predicted octanol–water partition coefficient (Wildman–Crippen LogP) is 3.43. The maximum atomic E-state index is 5.35. The number of hydrogen-bond acceptors (Lipinski definition) is 3. The van der Waals surface area contributed by atoms with Crippen molar-refractivity contribution in [1.29, 1.82) is 0 Å². The lowest BCUT2D eigenvalue weighted by atomic mass is 9.92. The van der Waals surface area contributed by atoms with Crippen LogP contribution in [0.3, 0.4) is 0 Å². The predicted molar refractivity (Wildman–Crippen MR) is 73.5 cm³/mol. The number of aryl methyl sites for hydroxylation is 1. The van der Waals surface area contributed by atoms with Crippen LogP contribution in [0.15, 0.2) is 39.7 Å². The van der Waals surface area contributed by atoms with Gasteiger partial charge in [0.1, 0.15) is 0 Å². The third kappa shape index (κ3) is 1.89. The zero-order valence-corrected chi connectivity index (χ0v) is 11.8. The van der Waals surface area contributed by atoms with E-state index in [4.69, 9.17) is 4.42 Å². The van der Waals surface area contributed by atoms with E-state index in [9.17, 15) is 0 Å². The summed E-state index contributed by atoms with van der Waals surface area (Å²) < 4.78 is 6.16. The molecule has 0 aromatic carbocycles. The van der Waals surface area contributed by atoms with Crippen LogP contribution in [-0.4, -0.2) is 12.0 Å². The number of nitrogens with one attached hydrogen (secondary N) is 1. The molecule has 3 rings (SSSR count). The number of rotatable bonds is 3. The van der Waals surface area contributed by atoms with Gasteiger partial charge in [0.25, 0.3) is 0 Å². The van der Waals surface area contributed by atoms with E-state index in [2.05, 4.69) is 32.3 Å². The van der Waals surface area contributed by atoms with Crippen molar-refractivity contribution in [2.24, 2.45) is 0 Å². The van der Waals surface area contributed by atoms with E-state index < -0.39 is 0 Å². The maximum absolute atomic E-state index is 5.35. The second-order valence-corrected chi connectivity index (χ2v) is 5.33. The molecule has 2 aromatic heterocycles. The minimum absolute atomic E-state index is 0.245. The number of likely N-dealkylation sites (N-methyl/N-ethyl adjacent to an activating group) is 1. The Kier molecular flexibility index (Phi) is 3.22. The van der Waals surface area contributed by atoms with Gasteiger partial charge < -0.3 is 9.73 Å². The van der Waals surface area contributed by atoms with Gasteiger partial charge in [0, 0.05) is 29.4 Å². The average molecular weight is 307 g/mol. The number of pyridine rings is 1. The van der Waals surface area contributed by atoms with Crippen molar-refractivity contribution in [2.45, 2.75) is 24.8 Å². The Labute approximate surface area is 115 Å². The molecule has 1 N–H and O–H groups in total. The molecule has 2 heterocycles. The molecule has 0 amide bonds. The molecule has 18 heavy (non-hydrogen) atoms. The average Bonchev–Trinajstić information content (AvgIpc) is 2.99. The van der Waals surface area contributed by atoms with Gasteiger partial charge in [0.15, 0.2) is 4.67 Å². The first-order valence-corrected chi connectivity index (χ1v) is 6.94. The normalized spacial score (nSPS) is 19.8. The summed E-state index contributed by atoms with van der Waals surface area (Å²) in [5.74, 6) is 0.417. The Bertz CT molecular complexity index is 552. The highest BCUT2D eigenvalue weighted by Crippen LogP contribution is 2.42. The molecule has 3 nitrogen and oxygen atoms in total. The second-order valence-electron chi connectivity index (χ2n) is 4.61. The van der Waals surface area contributed by atoms with Crippen molar-refractivity contribution in [3.05, 3.63) is 52.1 Å². The Morgan fingerprint density at radius 1 is 1.50 bits per heavy atom. The summed E-state index contributed by atoms with van der Waals surface area (Å²) in [4.78, 5) is 4.56. The van der Waals surface area contributed by atoms with Crippen molar-refractivity contribution in [3.8, 4) is 0 Å². The molecular formula is C14H15BrN2O. The fourth-order valence-electron chi connectivity index (χ4n) is 2.87. The summed E-state index contributed by atoms with van der Waals surface area (Å²) in [5.41, 5.74) is 3.77. The highest BCUT2D eigenvalue weighted by Gasteiger charge is 2.32. The molecule has 1 aliphatic carbocycles. The number of furan rings is 1. The van der Waals surface area contributed by atoms with E-state index in [1.54, 1.807) is 6.26 Å². The molecule has 2 atom stereocenters. The molecule has 2 unspecified atom stereocenters. The molecule has 1 aliphatic rings. The lowest BCUT2D eigenvalue weighted by molar-refractivity contribution is 0.455. The van der Waals surface area contributed by atoms with Crippen molar-refractivity contribution in [1.82, 2.24) is 10.3 Å². The van der Waals surface area contributed by atoms with Gasteiger partial charge in [0.05, 0.1) is 6.26 Å². The highest BCUT2D eigenvalue weighted by atomic mass is 79.9. The van der Waals surface area contributed by atoms with Crippen LogP contribution in [0.1, 0.15) is 35.2 Å². The lowest BCUT2D eigenvalue weighted by Crippen LogP contribution is -2.23. The minimum Gasteiger partial charge on any atom is -0.457 e. The Balaban J connectivity index is 1.98. The number of nitrogens with zero attached hydrogens (tertiary/aromatic N) is 1. The number of aromatic nitrogens is 1. The van der Waals surface area contributed by atoms with Crippen LogP contribution in [0.4, 0.5) is 0 Å². The maximum Gasteiger partial charge on any atom is 0.173 e. The van der Waals surface area contributed by atoms with Crippen LogP contribution in [0, 0.1) is 0 Å². The number of hydrogen-bond donors (Lipinski definition) is 1. The van der Waals surface area contributed by atoms with E-state index >= 15 is 0 Å². The minimum atomic E-state index is 0.245. The van der Waals surface area contributed by atoms with E-state index in [1.807, 2.05) is 25.4 Å². The molecule has 0 saturated heterocycles. The van der Waals surface area contributed by atoms with Crippen LogP contribution in [0.2, 0.25) is 0 Å². The summed E-state index contributed by atoms with van der Waals surface area (Å²) in [5, 5.41) is 3.40. The number of fused-ring (bicyclic) bond motifs is 1. The SMILES string of the molecule is CNC(c1ccoc1Br)C1CCc2cccnc21. The summed E-state index contributed by atoms with van der Waals surface area (Å²) in [7, 11) is 1.99. The standard InChI is InChI=1S/C14H15BrN2O/c1-16-13(11-6-8-18-14(11)15)10-5-4-9-3-2-7-17-12(9)10/h2-3,6-8,10,13,16H,4-5H2,1H3. The molecule has 0 saturated carbocycles. The molecule has 4 heteroatoms. The molecule has 0 spiro atoms. The topological polar surface area (TPSA) is 38.1 Å². The van der Waals surface area contributed by atoms with Gasteiger partial charge in [-0.15, -0.1) is 0 Å². The first kappa shape index (κ1) is 11.9. The summed E-state index contributed by atoms with van der Waals surface area (Å²) in [6.07, 6.45) is 5.85. The van der Waals surface area contributed by atoms with Crippen molar-refractivity contribution in [2.75, 3.05) is 7.05 Å². The summed E-state index contributed by atoms with van der Waals surface area (Å²) in [6.45, 7) is 0. The summed E-state index contributed by atoms with van der Waals surface area (Å²) in [6, 6.07) is 6.46. The van der Waals surface area contributed by atoms with Crippen LogP contribution >= 0.6 is 15.9 Å². The van der Waals surface area contributed by atoms with Gasteiger partial charge >= 0.3 is 0 Å². The largest absolute Gasteiger partial charge is 0.457 e. The Morgan fingerprint density at radius 2 is 2.39 bits per heavy atom. The quantitative estimate of drug-likeness (QED) is 0.944. The van der Waals surface area contributed by atoms with E-state index in [0.29, 0.717) is 5.92 Å². The fraction of sp³-hybridized carbons (Fsp3) is 0.357. The van der Waals surface area contributed by atoms with E-state index in [0.717, 1.165) is 17.5 Å². The molecule has 0 fully saturated rings. The smallest absolute Gasteiger partial charge is 0.173 e. The van der Waals surface area contributed by atoms with Crippen molar-refractivity contribution >= 4 is 15.9 Å². The third-order valence-electron chi connectivity index (χ3n) is 3.70. The second kappa shape index (κ2) is 4.86. The van der Waals surface area contributed by atoms with Gasteiger partial charge in [-0.25, -0.2) is 0 Å². The monoisotopic (exact) mass is 306 g/mol. The highest BCUT2D eigenvalue weighted by molar-refractivity contribution is 9.10. The summed E-state index contributed by atoms with van der Waals surface area (Å²) >= 11 is 3.47.